The number of benzene rings is 1. The largest absolute Gasteiger partial charge is 0.462 e. The lowest BCUT2D eigenvalue weighted by molar-refractivity contribution is -0.110. The smallest absolute Gasteiger partial charge is 0.339 e. The number of aromatic nitrogens is 1. The number of hydrogen-bond donors (Lipinski definition) is 3. The fourth-order valence-electron chi connectivity index (χ4n) is 3.07. The van der Waals surface area contributed by atoms with Crippen molar-refractivity contribution in [1.29, 1.82) is 0 Å². The number of amides is 1. The van der Waals surface area contributed by atoms with Crippen LogP contribution in [-0.4, -0.2) is 36.6 Å². The summed E-state index contributed by atoms with van der Waals surface area (Å²) >= 11 is 0. The summed E-state index contributed by atoms with van der Waals surface area (Å²) < 4.78 is 19.5. The van der Waals surface area contributed by atoms with Crippen molar-refractivity contribution in [3.05, 3.63) is 52.1 Å². The third-order valence-corrected chi connectivity index (χ3v) is 4.56. The molecular weight excluding hydrogens is 409 g/mol. The summed E-state index contributed by atoms with van der Waals surface area (Å²) in [5.41, 5.74) is 2.99. The normalized spacial score (nSPS) is 13.2. The van der Waals surface area contributed by atoms with Gasteiger partial charge in [-0.25, -0.2) is 9.18 Å². The second-order valence-corrected chi connectivity index (χ2v) is 6.40. The molecule has 3 N–H and O–H groups in total. The number of esters is 1. The van der Waals surface area contributed by atoms with Crippen LogP contribution in [0.1, 0.15) is 46.6 Å². The lowest BCUT2D eigenvalue weighted by Gasteiger charge is -2.05. The Morgan fingerprint density at radius 2 is 2.10 bits per heavy atom. The number of anilines is 1. The van der Waals surface area contributed by atoms with Gasteiger partial charge in [-0.15, -0.1) is 12.4 Å². The zero-order chi connectivity index (χ0) is 21.0. The highest BCUT2D eigenvalue weighted by atomic mass is 35.5. The molecule has 1 aromatic carbocycles. The Bertz CT molecular complexity index is 1060. The molecule has 0 radical (unpaired) electrons. The Balaban J connectivity index is 0.00000320. The minimum absolute atomic E-state index is 0. The average molecular weight is 432 g/mol. The molecule has 158 valence electrons. The second kappa shape index (κ2) is 10.1. The van der Waals surface area contributed by atoms with Gasteiger partial charge in [0.1, 0.15) is 5.82 Å². The van der Waals surface area contributed by atoms with Crippen molar-refractivity contribution in [3.8, 4) is 11.8 Å². The number of ether oxygens (including phenoxy) is 1. The molecule has 2 heterocycles. The van der Waals surface area contributed by atoms with Crippen molar-refractivity contribution in [3.63, 3.8) is 0 Å². The van der Waals surface area contributed by atoms with Crippen molar-refractivity contribution in [2.45, 2.75) is 20.8 Å². The predicted octanol–water partition coefficient (Wildman–Crippen LogP) is 3.51. The molecule has 3 rings (SSSR count). The van der Waals surface area contributed by atoms with Gasteiger partial charge in [0.05, 0.1) is 35.5 Å². The molecule has 0 saturated heterocycles. The minimum Gasteiger partial charge on any atom is -0.462 e. The zero-order valence-electron chi connectivity index (χ0n) is 16.9. The van der Waals surface area contributed by atoms with Crippen LogP contribution in [0.3, 0.4) is 0 Å². The number of hydrogen-bond acceptors (Lipinski definition) is 4. The standard InChI is InChI=1S/C22H22FN3O3.ClH/c1-4-24-10-6-7-14-17(23)8-9-18-20(14)15(21(27)26-18)11-19-13(3)16(12-25-19)22(28)29-5-2;/h8-9,11-12,24-25H,4-5,10H2,1-3H3,(H,26,27);1H. The number of carbonyl (C=O) groups is 2. The molecule has 0 aliphatic carbocycles. The number of rotatable bonds is 5. The van der Waals surface area contributed by atoms with Gasteiger partial charge in [0, 0.05) is 17.5 Å². The number of fused-ring (bicyclic) bond motifs is 1. The summed E-state index contributed by atoms with van der Waals surface area (Å²) in [5, 5.41) is 5.80. The van der Waals surface area contributed by atoms with Crippen LogP contribution in [0, 0.1) is 24.6 Å². The number of carbonyl (C=O) groups excluding carboxylic acids is 2. The van der Waals surface area contributed by atoms with Crippen molar-refractivity contribution in [2.75, 3.05) is 25.0 Å². The average Bonchev–Trinajstić information content (AvgIpc) is 3.21. The van der Waals surface area contributed by atoms with Gasteiger partial charge in [-0.3, -0.25) is 4.79 Å². The molecule has 1 aromatic heterocycles. The van der Waals surface area contributed by atoms with E-state index < -0.39 is 11.8 Å². The molecule has 8 heteroatoms. The van der Waals surface area contributed by atoms with E-state index in [1.54, 1.807) is 19.9 Å². The van der Waals surface area contributed by atoms with E-state index in [1.807, 2.05) is 6.92 Å². The fraction of sp³-hybridized carbons (Fsp3) is 0.273. The summed E-state index contributed by atoms with van der Waals surface area (Å²) in [7, 11) is 0. The van der Waals surface area contributed by atoms with Crippen LogP contribution in [0.15, 0.2) is 18.3 Å². The van der Waals surface area contributed by atoms with E-state index in [1.165, 1.54) is 18.3 Å². The maximum atomic E-state index is 14.5. The minimum atomic E-state index is -0.495. The number of nitrogens with one attached hydrogen (secondary N) is 3. The Morgan fingerprint density at radius 1 is 1.33 bits per heavy atom. The van der Waals surface area contributed by atoms with E-state index in [0.29, 0.717) is 34.6 Å². The first-order valence-corrected chi connectivity index (χ1v) is 9.38. The second-order valence-electron chi connectivity index (χ2n) is 6.40. The van der Waals surface area contributed by atoms with Gasteiger partial charge < -0.3 is 20.4 Å². The molecular formula is C22H23ClFN3O3. The lowest BCUT2D eigenvalue weighted by atomic mass is 9.98. The Kier molecular flexibility index (Phi) is 7.81. The van der Waals surface area contributed by atoms with Gasteiger partial charge in [0.15, 0.2) is 0 Å². The van der Waals surface area contributed by atoms with Crippen LogP contribution < -0.4 is 10.6 Å². The lowest BCUT2D eigenvalue weighted by Crippen LogP contribution is -2.12. The molecule has 0 fully saturated rings. The van der Waals surface area contributed by atoms with E-state index in [-0.39, 0.29) is 36.1 Å². The molecule has 0 bridgehead atoms. The third kappa shape index (κ3) is 4.56. The van der Waals surface area contributed by atoms with Crippen LogP contribution in [0.25, 0.3) is 11.6 Å². The maximum Gasteiger partial charge on any atom is 0.339 e. The fourth-order valence-corrected chi connectivity index (χ4v) is 3.07. The van der Waals surface area contributed by atoms with E-state index >= 15 is 0 Å². The van der Waals surface area contributed by atoms with Gasteiger partial charge in [0.2, 0.25) is 0 Å². The monoisotopic (exact) mass is 431 g/mol. The molecule has 2 aromatic rings. The van der Waals surface area contributed by atoms with Crippen LogP contribution in [0.2, 0.25) is 0 Å². The molecule has 1 aliphatic heterocycles. The van der Waals surface area contributed by atoms with Crippen LogP contribution >= 0.6 is 12.4 Å². The van der Waals surface area contributed by atoms with E-state index in [4.69, 9.17) is 4.74 Å². The molecule has 0 spiro atoms. The van der Waals surface area contributed by atoms with E-state index in [2.05, 4.69) is 27.5 Å². The highest BCUT2D eigenvalue weighted by Gasteiger charge is 2.29. The molecule has 1 aliphatic rings. The first kappa shape index (κ1) is 23.2. The summed E-state index contributed by atoms with van der Waals surface area (Å²) in [6, 6.07) is 2.81. The van der Waals surface area contributed by atoms with Gasteiger partial charge in [0.25, 0.3) is 5.91 Å². The van der Waals surface area contributed by atoms with Crippen molar-refractivity contribution in [1.82, 2.24) is 10.3 Å². The first-order chi connectivity index (χ1) is 14.0. The van der Waals surface area contributed by atoms with Gasteiger partial charge >= 0.3 is 5.97 Å². The molecule has 6 nitrogen and oxygen atoms in total. The predicted molar refractivity (Wildman–Crippen MR) is 117 cm³/mol. The number of halogens is 2. The molecule has 30 heavy (non-hydrogen) atoms. The van der Waals surface area contributed by atoms with Crippen LogP contribution in [0.5, 0.6) is 0 Å². The van der Waals surface area contributed by atoms with Crippen molar-refractivity contribution in [2.24, 2.45) is 0 Å². The van der Waals surface area contributed by atoms with Gasteiger partial charge in [-0.1, -0.05) is 18.8 Å². The first-order valence-electron chi connectivity index (χ1n) is 9.38. The highest BCUT2D eigenvalue weighted by Crippen LogP contribution is 2.37. The molecule has 0 atom stereocenters. The molecule has 0 unspecified atom stereocenters. The van der Waals surface area contributed by atoms with E-state index in [0.717, 1.165) is 6.54 Å². The van der Waals surface area contributed by atoms with E-state index in [9.17, 15) is 14.0 Å². The number of aromatic amines is 1. The maximum absolute atomic E-state index is 14.5. The van der Waals surface area contributed by atoms with Gasteiger partial charge in [-0.05, 0) is 44.2 Å². The highest BCUT2D eigenvalue weighted by molar-refractivity contribution is 6.35. The summed E-state index contributed by atoms with van der Waals surface area (Å²) in [6.45, 7) is 6.88. The molecule has 1 amide bonds. The SMILES string of the molecule is CCNCC#Cc1c(F)ccc2c1C(=Cc1[nH]cc(C(=O)OCC)c1C)C(=O)N2.Cl. The Labute approximate surface area is 180 Å². The third-order valence-electron chi connectivity index (χ3n) is 4.56. The van der Waals surface area contributed by atoms with Crippen molar-refractivity contribution >= 4 is 41.6 Å². The topological polar surface area (TPSA) is 83.2 Å². The quantitative estimate of drug-likeness (QED) is 0.293. The van der Waals surface area contributed by atoms with Crippen molar-refractivity contribution < 1.29 is 18.7 Å². The Hall–Kier alpha value is -3.08. The summed E-state index contributed by atoms with van der Waals surface area (Å²) in [4.78, 5) is 27.6. The van der Waals surface area contributed by atoms with Gasteiger partial charge in [-0.2, -0.15) is 0 Å². The summed E-state index contributed by atoms with van der Waals surface area (Å²) in [5.74, 6) is 4.42. The molecule has 0 saturated carbocycles. The zero-order valence-corrected chi connectivity index (χ0v) is 17.8. The van der Waals surface area contributed by atoms with Crippen LogP contribution in [0.4, 0.5) is 10.1 Å². The Morgan fingerprint density at radius 3 is 2.80 bits per heavy atom. The van der Waals surface area contributed by atoms with Crippen LogP contribution in [-0.2, 0) is 9.53 Å². The number of H-pyrrole nitrogens is 1. The summed E-state index contributed by atoms with van der Waals surface area (Å²) in [6.07, 6.45) is 3.14.